The minimum Gasteiger partial charge on any atom is -1.00 e. The zero-order chi connectivity index (χ0) is 15.8. The first-order valence-corrected chi connectivity index (χ1v) is 12.3. The molecule has 1 atom stereocenters. The van der Waals surface area contributed by atoms with Gasteiger partial charge in [-0.25, -0.2) is 0 Å². The van der Waals surface area contributed by atoms with Crippen molar-refractivity contribution in [2.45, 2.75) is 115 Å². The van der Waals surface area contributed by atoms with Crippen LogP contribution in [0.3, 0.4) is 0 Å². The fourth-order valence-corrected chi connectivity index (χ4v) is 4.22. The molecule has 1 heteroatoms. The predicted octanol–water partition coefficient (Wildman–Crippen LogP) is 7.55. The van der Waals surface area contributed by atoms with Crippen LogP contribution in [0.15, 0.2) is 0 Å². The van der Waals surface area contributed by atoms with Crippen molar-refractivity contribution >= 4 is 24.4 Å². The molecule has 0 spiro atoms. The van der Waals surface area contributed by atoms with Crippen molar-refractivity contribution < 1.29 is 2.85 Å². The molecule has 0 aromatic rings. The number of unbranched alkanes of at least 4 members (excludes halogenated alkanes) is 4. The Hall–Kier alpha value is 0.870. The van der Waals surface area contributed by atoms with E-state index in [1.807, 2.05) is 0 Å². The summed E-state index contributed by atoms with van der Waals surface area (Å²) in [6, 6.07) is 0. The first kappa shape index (κ1) is 21.9. The van der Waals surface area contributed by atoms with Crippen molar-refractivity contribution in [3.8, 4) is 0 Å². The molecule has 0 aliphatic rings. The van der Waals surface area contributed by atoms with E-state index in [4.69, 9.17) is 0 Å². The van der Waals surface area contributed by atoms with Gasteiger partial charge in [0, 0.05) is 0 Å². The molecule has 0 bridgehead atoms. The van der Waals surface area contributed by atoms with E-state index in [1.54, 1.807) is 0 Å². The minimum atomic E-state index is 0. The predicted molar refractivity (Wildman–Crippen MR) is 101 cm³/mol. The third-order valence-electron chi connectivity index (χ3n) is 4.95. The summed E-state index contributed by atoms with van der Waals surface area (Å²) in [6.07, 6.45) is 20.6. The van der Waals surface area contributed by atoms with Crippen molar-refractivity contribution in [1.29, 1.82) is 0 Å². The summed E-state index contributed by atoms with van der Waals surface area (Å²) in [5.74, 6) is 2.08. The number of hydrogen-bond acceptors (Lipinski definition) is 0. The fraction of sp³-hybridized carbons (Fsp3) is 1.00. The average molecular weight is 398 g/mol. The molecular formula is C20H43In-2. The molecule has 0 aromatic carbocycles. The monoisotopic (exact) mass is 398 g/mol. The number of hydrogen-bond donors (Lipinski definition) is 0. The van der Waals surface area contributed by atoms with E-state index in [0.29, 0.717) is 0 Å². The van der Waals surface area contributed by atoms with Gasteiger partial charge in [-0.3, -0.25) is 0 Å². The molecule has 21 heavy (non-hydrogen) atoms. The Morgan fingerprint density at radius 1 is 0.571 bits per heavy atom. The maximum absolute atomic E-state index is 2.35. The van der Waals surface area contributed by atoms with E-state index in [-0.39, 0.29) is 2.85 Å². The van der Waals surface area contributed by atoms with E-state index < -0.39 is 0 Å². The second kappa shape index (κ2) is 17.2. The third kappa shape index (κ3) is 14.2. The summed E-state index contributed by atoms with van der Waals surface area (Å²) in [7, 11) is 0. The summed E-state index contributed by atoms with van der Waals surface area (Å²) in [5.41, 5.74) is 0. The van der Waals surface area contributed by atoms with Gasteiger partial charge in [-0.05, 0) is 0 Å². The van der Waals surface area contributed by atoms with Crippen molar-refractivity contribution in [2.24, 2.45) is 11.8 Å². The van der Waals surface area contributed by atoms with E-state index in [2.05, 4.69) is 20.8 Å². The zero-order valence-corrected chi connectivity index (χ0v) is 18.6. The smallest absolute Gasteiger partial charge is 1.00 e. The van der Waals surface area contributed by atoms with Gasteiger partial charge in [0.15, 0.2) is 0 Å². The van der Waals surface area contributed by atoms with Gasteiger partial charge in [0.2, 0.25) is 0 Å². The molecule has 1 unspecified atom stereocenters. The zero-order valence-electron chi connectivity index (χ0n) is 17.3. The molecule has 0 amide bonds. The Labute approximate surface area is 153 Å². The van der Waals surface area contributed by atoms with Crippen LogP contribution in [-0.2, 0) is 0 Å². The summed E-state index contributed by atoms with van der Waals surface area (Å²) in [5, 5.41) is 0. The molecule has 0 fully saturated rings. The van der Waals surface area contributed by atoms with E-state index >= 15 is 0 Å². The van der Waals surface area contributed by atoms with Gasteiger partial charge in [-0.15, -0.1) is 0 Å². The molecule has 0 aliphatic heterocycles. The molecule has 0 nitrogen and oxygen atoms in total. The number of rotatable bonds is 16. The third-order valence-corrected chi connectivity index (χ3v) is 6.11. The quantitative estimate of drug-likeness (QED) is 0.235. The van der Waals surface area contributed by atoms with Gasteiger partial charge in [0.05, 0.1) is 0 Å². The SMILES string of the molecule is CCCCC(CCCC)CCC(CCCC)CCC[CH2][In].[H-].[H-]. The van der Waals surface area contributed by atoms with Crippen LogP contribution in [0.25, 0.3) is 0 Å². The van der Waals surface area contributed by atoms with Gasteiger partial charge in [0.25, 0.3) is 0 Å². The molecule has 0 heterocycles. The molecule has 0 aliphatic carbocycles. The van der Waals surface area contributed by atoms with Gasteiger partial charge < -0.3 is 2.85 Å². The standard InChI is InChI=1S/C20H41.In.2H/c1-5-9-13-19(14-10-6-2)17-18-20(15-11-7-3)16-12-8-4;;;/h19-20H,1,5-18H2,2-4H3;;;/q;;2*-1. The first-order valence-electron chi connectivity index (χ1n) is 9.98. The van der Waals surface area contributed by atoms with Crippen LogP contribution in [0, 0.1) is 11.8 Å². The topological polar surface area (TPSA) is 0 Å². The molecule has 0 saturated heterocycles. The Kier molecular flexibility index (Phi) is 17.9. The summed E-state index contributed by atoms with van der Waals surface area (Å²) >= 11 is 1.46. The van der Waals surface area contributed by atoms with Crippen LogP contribution in [0.4, 0.5) is 0 Å². The molecule has 0 rings (SSSR count). The fourth-order valence-electron chi connectivity index (χ4n) is 3.39. The van der Waals surface area contributed by atoms with Gasteiger partial charge >= 0.3 is 151 Å². The second-order valence-corrected chi connectivity index (χ2v) is 8.67. The summed E-state index contributed by atoms with van der Waals surface area (Å²) < 4.78 is 1.50. The van der Waals surface area contributed by atoms with Crippen molar-refractivity contribution in [2.75, 3.05) is 0 Å². The normalized spacial score (nSPS) is 13.0. The van der Waals surface area contributed by atoms with Crippen LogP contribution < -0.4 is 0 Å². The largest absolute Gasteiger partial charge is 1.00 e. The molecule has 0 N–H and O–H groups in total. The summed E-state index contributed by atoms with van der Waals surface area (Å²) in [4.78, 5) is 0. The molecule has 0 aromatic heterocycles. The van der Waals surface area contributed by atoms with Crippen LogP contribution in [0.1, 0.15) is 114 Å². The molecular weight excluding hydrogens is 355 g/mol. The molecule has 128 valence electrons. The Morgan fingerprint density at radius 3 is 1.29 bits per heavy atom. The van der Waals surface area contributed by atoms with Crippen molar-refractivity contribution in [1.82, 2.24) is 0 Å². The van der Waals surface area contributed by atoms with Gasteiger partial charge in [-0.1, -0.05) is 0 Å². The van der Waals surface area contributed by atoms with Crippen LogP contribution in [0.2, 0.25) is 4.18 Å². The van der Waals surface area contributed by atoms with Crippen molar-refractivity contribution in [3.63, 3.8) is 0 Å². The first-order chi connectivity index (χ1) is 10.3. The maximum Gasteiger partial charge on any atom is -1.00 e. The minimum absolute atomic E-state index is 0. The molecule has 2 radical (unpaired) electrons. The second-order valence-electron chi connectivity index (χ2n) is 7.02. The molecule has 0 saturated carbocycles. The van der Waals surface area contributed by atoms with Crippen LogP contribution in [-0.4, -0.2) is 24.4 Å². The van der Waals surface area contributed by atoms with Crippen LogP contribution >= 0.6 is 0 Å². The Morgan fingerprint density at radius 2 is 0.952 bits per heavy atom. The van der Waals surface area contributed by atoms with Crippen LogP contribution in [0.5, 0.6) is 0 Å². The van der Waals surface area contributed by atoms with E-state index in [1.165, 1.54) is 118 Å². The van der Waals surface area contributed by atoms with Crippen molar-refractivity contribution in [3.05, 3.63) is 0 Å². The maximum atomic E-state index is 2.35. The Bertz CT molecular complexity index is 192. The average Bonchev–Trinajstić information content (AvgIpc) is 2.51. The van der Waals surface area contributed by atoms with Gasteiger partial charge in [-0.2, -0.15) is 0 Å². The summed E-state index contributed by atoms with van der Waals surface area (Å²) in [6.45, 7) is 7.03. The van der Waals surface area contributed by atoms with E-state index in [9.17, 15) is 0 Å². The Balaban J connectivity index is -0.00000200. The van der Waals surface area contributed by atoms with Gasteiger partial charge in [0.1, 0.15) is 0 Å². The van der Waals surface area contributed by atoms with E-state index in [0.717, 1.165) is 11.8 Å².